The molecule has 18 nitrogen and oxygen atoms in total. The fraction of sp³-hybridized carbons (Fsp3) is 0.692. The topological polar surface area (TPSA) is 259 Å². The van der Waals surface area contributed by atoms with Gasteiger partial charge in [-0.05, 0) is 12.8 Å². The molecular weight excluding hydrogens is 739 g/mol. The summed E-state index contributed by atoms with van der Waals surface area (Å²) in [4.78, 5) is 95.6. The first kappa shape index (κ1) is 43.7. The summed E-state index contributed by atoms with van der Waals surface area (Å²) >= 11 is 13.8. The first-order valence-corrected chi connectivity index (χ1v) is 16.5. The number of carbonyl (C=O) groups excluding carboxylic acids is 6. The van der Waals surface area contributed by atoms with Crippen LogP contribution in [0.1, 0.15) is 25.7 Å². The molecule has 47 heavy (non-hydrogen) atoms. The molecule has 268 valence electrons. The highest BCUT2D eigenvalue weighted by Gasteiger charge is 2.27. The minimum atomic E-state index is -1.26. The van der Waals surface area contributed by atoms with Gasteiger partial charge in [-0.15, -0.1) is 23.2 Å². The highest BCUT2D eigenvalue weighted by atomic mass is 79.9. The van der Waals surface area contributed by atoms with Gasteiger partial charge in [0, 0.05) is 45.6 Å². The molecule has 2 atom stereocenters. The third-order valence-electron chi connectivity index (χ3n) is 5.83. The number of alkyl halides is 3. The minimum absolute atomic E-state index is 0.00951. The van der Waals surface area contributed by atoms with Crippen molar-refractivity contribution in [2.24, 2.45) is 0 Å². The summed E-state index contributed by atoms with van der Waals surface area (Å²) in [5.41, 5.74) is 0. The van der Waals surface area contributed by atoms with Gasteiger partial charge >= 0.3 is 11.9 Å². The third kappa shape index (κ3) is 22.8. The van der Waals surface area contributed by atoms with Gasteiger partial charge in [-0.25, -0.2) is 4.79 Å². The van der Waals surface area contributed by atoms with Crippen LogP contribution in [-0.2, 0) is 47.8 Å². The molecule has 0 spiro atoms. The number of carboxylic acids is 2. The number of carboxylic acid groups (broad SMARTS) is 2. The quantitative estimate of drug-likeness (QED) is 0.0345. The Morgan fingerprint density at radius 2 is 1.19 bits per heavy atom. The zero-order valence-electron chi connectivity index (χ0n) is 25.5. The monoisotopic (exact) mass is 778 g/mol. The van der Waals surface area contributed by atoms with E-state index in [0.29, 0.717) is 0 Å². The van der Waals surface area contributed by atoms with Crippen molar-refractivity contribution in [1.82, 2.24) is 31.5 Å². The first-order chi connectivity index (χ1) is 22.3. The van der Waals surface area contributed by atoms with E-state index < -0.39 is 72.5 Å². The smallest absolute Gasteiger partial charge is 0.326 e. The molecule has 7 N–H and O–H groups in total. The molecule has 0 aliphatic carbocycles. The van der Waals surface area contributed by atoms with Crippen LogP contribution in [-0.4, -0.2) is 151 Å². The molecule has 0 fully saturated rings. The van der Waals surface area contributed by atoms with Gasteiger partial charge < -0.3 is 51.2 Å². The highest BCUT2D eigenvalue weighted by molar-refractivity contribution is 9.09. The van der Waals surface area contributed by atoms with E-state index in [0.717, 1.165) is 0 Å². The number of halogens is 3. The third-order valence-corrected chi connectivity index (χ3v) is 6.83. The average Bonchev–Trinajstić information content (AvgIpc) is 3.04. The second-order valence-corrected chi connectivity index (χ2v) is 10.6. The van der Waals surface area contributed by atoms with Crippen LogP contribution >= 0.6 is 39.1 Å². The molecule has 0 aliphatic rings. The molecule has 0 saturated carbocycles. The fourth-order valence-corrected chi connectivity index (χ4v) is 3.92. The normalized spacial score (nSPS) is 11.8. The van der Waals surface area contributed by atoms with Gasteiger partial charge in [-0.2, -0.15) is 0 Å². The second-order valence-electron chi connectivity index (χ2n) is 9.49. The van der Waals surface area contributed by atoms with E-state index in [1.54, 1.807) is 0 Å². The summed E-state index contributed by atoms with van der Waals surface area (Å²) in [6.07, 6.45) is -0.914. The van der Waals surface area contributed by atoms with Crippen LogP contribution in [0.3, 0.4) is 0 Å². The van der Waals surface area contributed by atoms with Gasteiger partial charge in [0.25, 0.3) is 0 Å². The van der Waals surface area contributed by atoms with Gasteiger partial charge in [-0.1, -0.05) is 15.9 Å². The predicted molar refractivity (Wildman–Crippen MR) is 170 cm³/mol. The van der Waals surface area contributed by atoms with Crippen molar-refractivity contribution in [3.63, 3.8) is 0 Å². The van der Waals surface area contributed by atoms with E-state index in [4.69, 9.17) is 42.9 Å². The molecule has 0 aliphatic heterocycles. The van der Waals surface area contributed by atoms with Crippen molar-refractivity contribution in [1.29, 1.82) is 0 Å². The van der Waals surface area contributed by atoms with E-state index >= 15 is 0 Å². The van der Waals surface area contributed by atoms with Crippen LogP contribution in [0.25, 0.3) is 0 Å². The summed E-state index contributed by atoms with van der Waals surface area (Å²) in [6, 6.07) is -2.45. The van der Waals surface area contributed by atoms with Crippen LogP contribution in [0, 0.1) is 0 Å². The number of hydrogen-bond donors (Lipinski definition) is 7. The van der Waals surface area contributed by atoms with Gasteiger partial charge in [0.15, 0.2) is 0 Å². The largest absolute Gasteiger partial charge is 0.481 e. The Bertz CT molecular complexity index is 1040. The van der Waals surface area contributed by atoms with E-state index in [9.17, 15) is 38.4 Å². The summed E-state index contributed by atoms with van der Waals surface area (Å²) in [6.45, 7) is -0.303. The van der Waals surface area contributed by atoms with Crippen LogP contribution in [0.4, 0.5) is 0 Å². The molecule has 0 aromatic rings. The van der Waals surface area contributed by atoms with Crippen molar-refractivity contribution in [3.05, 3.63) is 0 Å². The van der Waals surface area contributed by atoms with Crippen molar-refractivity contribution in [3.8, 4) is 0 Å². The number of amides is 6. The number of nitrogens with one attached hydrogen (secondary N) is 5. The Morgan fingerprint density at radius 1 is 0.660 bits per heavy atom. The van der Waals surface area contributed by atoms with Crippen LogP contribution < -0.4 is 26.6 Å². The number of hydrogen-bond acceptors (Lipinski definition) is 10. The zero-order valence-corrected chi connectivity index (χ0v) is 28.6. The number of ether oxygens (including phenoxy) is 2. The molecular formula is C26H41BrCl2N6O12. The van der Waals surface area contributed by atoms with E-state index in [1.165, 1.54) is 4.90 Å². The first-order valence-electron chi connectivity index (χ1n) is 14.3. The molecule has 6 amide bonds. The average molecular weight is 780 g/mol. The maximum Gasteiger partial charge on any atom is 0.326 e. The van der Waals surface area contributed by atoms with Gasteiger partial charge in [0.1, 0.15) is 30.5 Å². The maximum atomic E-state index is 13.3. The highest BCUT2D eigenvalue weighted by Crippen LogP contribution is 2.05. The lowest BCUT2D eigenvalue weighted by Gasteiger charge is -2.28. The lowest BCUT2D eigenvalue weighted by molar-refractivity contribution is -0.142. The van der Waals surface area contributed by atoms with Crippen LogP contribution in [0.15, 0.2) is 0 Å². The SMILES string of the molecule is O=C(O)CC[C@H](NC(=O)COCCOCCNC(=O)CC[C@@H](NC(=O)CBr)C(=O)O)C(=O)N(CCNC(=O)CCl)CCNC(=O)CCl. The summed E-state index contributed by atoms with van der Waals surface area (Å²) < 4.78 is 10.6. The molecule has 0 unspecified atom stereocenters. The van der Waals surface area contributed by atoms with E-state index in [2.05, 4.69) is 42.5 Å². The zero-order chi connectivity index (χ0) is 35.6. The fourth-order valence-electron chi connectivity index (χ4n) is 3.57. The van der Waals surface area contributed by atoms with Gasteiger partial charge in [0.2, 0.25) is 35.4 Å². The Hall–Kier alpha value is -3.26. The molecule has 0 saturated heterocycles. The number of nitrogens with zero attached hydrogens (tertiary/aromatic N) is 1. The van der Waals surface area contributed by atoms with Gasteiger partial charge in [0.05, 0.1) is 25.2 Å². The molecule has 0 rings (SSSR count). The lowest BCUT2D eigenvalue weighted by Crippen LogP contribution is -2.52. The van der Waals surface area contributed by atoms with Crippen LogP contribution in [0.2, 0.25) is 0 Å². The van der Waals surface area contributed by atoms with E-state index in [1.807, 2.05) is 0 Å². The Kier molecular flexibility index (Phi) is 24.9. The number of carbonyl (C=O) groups is 8. The van der Waals surface area contributed by atoms with Crippen molar-refractivity contribution >= 4 is 86.5 Å². The van der Waals surface area contributed by atoms with Crippen molar-refractivity contribution in [2.45, 2.75) is 37.8 Å². The summed E-state index contributed by atoms with van der Waals surface area (Å²) in [5.74, 6) is -6.31. The van der Waals surface area contributed by atoms with E-state index in [-0.39, 0.29) is 88.9 Å². The molecule has 0 radical (unpaired) electrons. The standard InChI is InChI=1S/C26H41BrCl2N6O12/c27-13-20(37)34-18(26(44)45)1-3-19(36)32-7-10-46-11-12-47-16-23(40)33-17(2-4-24(41)42)25(43)35(8-5-30-21(38)14-28)9-6-31-22(39)15-29/h17-18H,1-16H2,(H,30,38)(H,31,39)(H,32,36)(H,33,40)(H,34,37)(H,41,42)(H,44,45)/t17-,18+/m0/s1. The predicted octanol–water partition coefficient (Wildman–Crippen LogP) is -2.23. The summed E-state index contributed by atoms with van der Waals surface area (Å²) in [5, 5.41) is 30.4. The Labute approximate surface area is 289 Å². The molecule has 0 heterocycles. The minimum Gasteiger partial charge on any atom is -0.481 e. The molecule has 0 aromatic carbocycles. The maximum absolute atomic E-state index is 13.3. The Balaban J connectivity index is 4.70. The Morgan fingerprint density at radius 3 is 1.72 bits per heavy atom. The number of aliphatic carboxylic acids is 2. The molecule has 0 aromatic heterocycles. The van der Waals surface area contributed by atoms with Gasteiger partial charge in [-0.3, -0.25) is 33.6 Å². The molecule has 21 heteroatoms. The molecule has 0 bridgehead atoms. The number of rotatable bonds is 27. The summed E-state index contributed by atoms with van der Waals surface area (Å²) in [7, 11) is 0. The lowest BCUT2D eigenvalue weighted by atomic mass is 10.1. The van der Waals surface area contributed by atoms with Crippen molar-refractivity contribution in [2.75, 3.05) is 76.2 Å². The van der Waals surface area contributed by atoms with Crippen molar-refractivity contribution < 1.29 is 58.0 Å². The second kappa shape index (κ2) is 26.8. The van der Waals surface area contributed by atoms with Crippen LogP contribution in [0.5, 0.6) is 0 Å².